The number of anilines is 1. The SMILES string of the molecule is COC(C)CCNc1nccc(-c2ccc(OCC3COC(Cn4ccnc4)(c4ccc(Cl)cc4Cl)O3)cc2)n1.O=[N+]([O-])O.O=[N+]([O-])O. The van der Waals surface area contributed by atoms with Crippen molar-refractivity contribution in [3.63, 3.8) is 0 Å². The fourth-order valence-electron chi connectivity index (χ4n) is 4.40. The van der Waals surface area contributed by atoms with Crippen LogP contribution in [0, 0.1) is 20.2 Å². The second-order valence-corrected chi connectivity index (χ2v) is 10.8. The molecule has 48 heavy (non-hydrogen) atoms. The molecule has 5 rings (SSSR count). The van der Waals surface area contributed by atoms with Crippen LogP contribution in [0.2, 0.25) is 10.0 Å². The van der Waals surface area contributed by atoms with Gasteiger partial charge in [0.05, 0.1) is 36.3 Å². The molecule has 3 atom stereocenters. The van der Waals surface area contributed by atoms with Crippen LogP contribution in [0.3, 0.4) is 0 Å². The molecule has 2 aromatic carbocycles. The van der Waals surface area contributed by atoms with E-state index in [4.69, 9.17) is 72.8 Å². The summed E-state index contributed by atoms with van der Waals surface area (Å²) in [5.41, 5.74) is 2.48. The summed E-state index contributed by atoms with van der Waals surface area (Å²) in [5.74, 6) is 0.199. The summed E-state index contributed by atoms with van der Waals surface area (Å²) in [5, 5.41) is 31.5. The first kappa shape index (κ1) is 37.6. The Morgan fingerprint density at radius 2 is 1.83 bits per heavy atom. The highest BCUT2D eigenvalue weighted by Gasteiger charge is 2.45. The average Bonchev–Trinajstić information content (AvgIpc) is 3.70. The Hall–Kier alpha value is -4.81. The molecule has 0 bridgehead atoms. The highest BCUT2D eigenvalue weighted by Crippen LogP contribution is 2.40. The maximum atomic E-state index is 8.36. The van der Waals surface area contributed by atoms with Crippen molar-refractivity contribution in [3.05, 3.63) is 109 Å². The molecular weight excluding hydrogens is 677 g/mol. The van der Waals surface area contributed by atoms with Gasteiger partial charge in [0, 0.05) is 48.4 Å². The molecule has 4 aromatic rings. The monoisotopic (exact) mass is 709 g/mol. The fourth-order valence-corrected chi connectivity index (χ4v) is 4.95. The Balaban J connectivity index is 0.000000705. The van der Waals surface area contributed by atoms with E-state index < -0.39 is 16.0 Å². The number of ether oxygens (including phenoxy) is 4. The van der Waals surface area contributed by atoms with E-state index in [1.165, 1.54) is 0 Å². The first-order chi connectivity index (χ1) is 22.9. The van der Waals surface area contributed by atoms with E-state index in [2.05, 4.69) is 20.3 Å². The lowest BCUT2D eigenvalue weighted by Gasteiger charge is -2.30. The van der Waals surface area contributed by atoms with E-state index in [9.17, 15) is 0 Å². The second kappa shape index (κ2) is 18.5. The first-order valence-corrected chi connectivity index (χ1v) is 14.9. The molecule has 1 aliphatic rings. The first-order valence-electron chi connectivity index (χ1n) is 14.1. The number of hydrogen-bond donors (Lipinski definition) is 3. The number of imidazole rings is 1. The van der Waals surface area contributed by atoms with Crippen LogP contribution in [0.5, 0.6) is 5.75 Å². The number of aromatic nitrogens is 4. The zero-order valence-corrected chi connectivity index (χ0v) is 27.2. The number of nitrogens with one attached hydrogen (secondary N) is 1. The smallest absolute Gasteiger partial charge is 0.291 e. The van der Waals surface area contributed by atoms with Crippen molar-refractivity contribution in [1.29, 1.82) is 0 Å². The fraction of sp³-hybridized carbons (Fsp3) is 0.345. The molecule has 3 N–H and O–H groups in total. The molecule has 0 amide bonds. The number of hydrogen-bond acceptors (Lipinski definition) is 12. The summed E-state index contributed by atoms with van der Waals surface area (Å²) in [6.07, 6.45) is 7.74. The van der Waals surface area contributed by atoms with Crippen molar-refractivity contribution in [1.82, 2.24) is 19.5 Å². The summed E-state index contributed by atoms with van der Waals surface area (Å²) in [6, 6.07) is 14.9. The number of benzene rings is 2. The lowest BCUT2D eigenvalue weighted by molar-refractivity contribution is -0.742. The predicted octanol–water partition coefficient (Wildman–Crippen LogP) is 5.14. The van der Waals surface area contributed by atoms with Gasteiger partial charge in [-0.2, -0.15) is 0 Å². The number of methoxy groups -OCH3 is 1. The van der Waals surface area contributed by atoms with Crippen LogP contribution in [-0.4, -0.2) is 79.2 Å². The Morgan fingerprint density at radius 1 is 1.12 bits per heavy atom. The van der Waals surface area contributed by atoms with Crippen LogP contribution in [0.1, 0.15) is 18.9 Å². The number of halogens is 2. The molecule has 0 radical (unpaired) electrons. The molecule has 1 fully saturated rings. The highest BCUT2D eigenvalue weighted by atomic mass is 35.5. The Labute approximate surface area is 284 Å². The zero-order valence-electron chi connectivity index (χ0n) is 25.7. The Bertz CT molecular complexity index is 1580. The largest absolute Gasteiger partial charge is 0.491 e. The van der Waals surface area contributed by atoms with Gasteiger partial charge in [-0.3, -0.25) is 0 Å². The van der Waals surface area contributed by atoms with Crippen LogP contribution in [0.15, 0.2) is 73.4 Å². The van der Waals surface area contributed by atoms with Gasteiger partial charge in [-0.25, -0.2) is 15.0 Å². The molecule has 3 unspecified atom stereocenters. The summed E-state index contributed by atoms with van der Waals surface area (Å²) >= 11 is 12.7. The minimum absolute atomic E-state index is 0.174. The van der Waals surface area contributed by atoms with Gasteiger partial charge >= 0.3 is 0 Å². The Morgan fingerprint density at radius 3 is 2.46 bits per heavy atom. The molecular formula is C29H33Cl2N7O10. The van der Waals surface area contributed by atoms with E-state index in [0.717, 1.165) is 24.2 Å². The van der Waals surface area contributed by atoms with E-state index in [1.54, 1.807) is 38.0 Å². The second-order valence-electron chi connectivity index (χ2n) is 10.0. The summed E-state index contributed by atoms with van der Waals surface area (Å²) < 4.78 is 26.0. The molecule has 2 aromatic heterocycles. The quantitative estimate of drug-likeness (QED) is 0.128. The normalized spacial score (nSPS) is 17.2. The molecule has 258 valence electrons. The third-order valence-electron chi connectivity index (χ3n) is 6.63. The van der Waals surface area contributed by atoms with Gasteiger partial charge in [0.1, 0.15) is 18.5 Å². The summed E-state index contributed by atoms with van der Waals surface area (Å²) in [4.78, 5) is 29.8. The molecule has 17 nitrogen and oxygen atoms in total. The van der Waals surface area contributed by atoms with Gasteiger partial charge in [0.25, 0.3) is 10.2 Å². The van der Waals surface area contributed by atoms with Gasteiger partial charge in [-0.15, -0.1) is 20.2 Å². The van der Waals surface area contributed by atoms with Gasteiger partial charge in [0.15, 0.2) is 0 Å². The minimum atomic E-state index is -1.50. The standard InChI is InChI=1S/C29H31Cl2N5O4.2HNO3/c1-20(37-2)9-11-33-28-34-12-10-27(35-28)21-3-6-23(7-4-21)38-16-24-17-39-29(40-24,18-36-14-13-32-19-36)25-8-5-22(30)15-26(25)31;2*2-1(3)4/h3-8,10,12-15,19-20,24H,9,11,16-18H2,1-2H3,(H,33,34,35);2*(H,2,3,4). The molecule has 1 saturated heterocycles. The topological polar surface area (TPSA) is 219 Å². The van der Waals surface area contributed by atoms with E-state index in [-0.39, 0.29) is 12.2 Å². The predicted molar refractivity (Wildman–Crippen MR) is 171 cm³/mol. The van der Waals surface area contributed by atoms with Crippen molar-refractivity contribution < 1.29 is 39.5 Å². The van der Waals surface area contributed by atoms with Crippen molar-refractivity contribution in [2.45, 2.75) is 37.9 Å². The number of rotatable bonds is 12. The van der Waals surface area contributed by atoms with Crippen molar-refractivity contribution in [3.8, 4) is 17.0 Å². The zero-order chi connectivity index (χ0) is 35.1. The molecule has 19 heteroatoms. The van der Waals surface area contributed by atoms with Crippen molar-refractivity contribution >= 4 is 29.2 Å². The summed E-state index contributed by atoms with van der Waals surface area (Å²) in [7, 11) is 1.71. The van der Waals surface area contributed by atoms with Crippen LogP contribution < -0.4 is 10.1 Å². The van der Waals surface area contributed by atoms with E-state index in [0.29, 0.717) is 47.1 Å². The maximum absolute atomic E-state index is 8.36. The van der Waals surface area contributed by atoms with Gasteiger partial charge in [0.2, 0.25) is 11.7 Å². The van der Waals surface area contributed by atoms with E-state index in [1.807, 2.05) is 54.1 Å². The molecule has 0 spiro atoms. The maximum Gasteiger partial charge on any atom is 0.291 e. The molecule has 0 aliphatic carbocycles. The lowest BCUT2D eigenvalue weighted by atomic mass is 10.1. The van der Waals surface area contributed by atoms with Crippen molar-refractivity contribution in [2.24, 2.45) is 0 Å². The van der Waals surface area contributed by atoms with Crippen LogP contribution in [0.25, 0.3) is 11.3 Å². The van der Waals surface area contributed by atoms with Crippen LogP contribution in [-0.2, 0) is 26.5 Å². The van der Waals surface area contributed by atoms with Gasteiger partial charge in [-0.05, 0) is 55.8 Å². The molecule has 1 aliphatic heterocycles. The molecule has 3 heterocycles. The average molecular weight is 711 g/mol. The van der Waals surface area contributed by atoms with Crippen molar-refractivity contribution in [2.75, 3.05) is 32.2 Å². The van der Waals surface area contributed by atoms with Crippen LogP contribution in [0.4, 0.5) is 5.95 Å². The molecule has 0 saturated carbocycles. The van der Waals surface area contributed by atoms with Gasteiger partial charge < -0.3 is 39.2 Å². The minimum Gasteiger partial charge on any atom is -0.491 e. The van der Waals surface area contributed by atoms with Crippen LogP contribution >= 0.6 is 23.2 Å². The third kappa shape index (κ3) is 12.1. The third-order valence-corrected chi connectivity index (χ3v) is 7.18. The lowest BCUT2D eigenvalue weighted by Crippen LogP contribution is -2.34. The highest BCUT2D eigenvalue weighted by molar-refractivity contribution is 6.35. The summed E-state index contributed by atoms with van der Waals surface area (Å²) in [6.45, 7) is 3.78. The van der Waals surface area contributed by atoms with Gasteiger partial charge in [-0.1, -0.05) is 29.3 Å². The van der Waals surface area contributed by atoms with E-state index >= 15 is 0 Å². The number of nitrogens with zero attached hydrogens (tertiary/aromatic N) is 6. The Kier molecular flexibility index (Phi) is 14.5.